The fraction of sp³-hybridized carbons (Fsp3) is 0.250. The molecular weight excluding hydrogens is 315 g/mol. The number of hydrogen-bond donors (Lipinski definition) is 1. The Morgan fingerprint density at radius 1 is 1.10 bits per heavy atom. The van der Waals surface area contributed by atoms with Crippen molar-refractivity contribution in [2.45, 2.75) is 19.4 Å². The van der Waals surface area contributed by atoms with Gasteiger partial charge in [-0.2, -0.15) is 0 Å². The molecular formula is C16H15Cl2F2N. The predicted molar refractivity (Wildman–Crippen MR) is 82.9 cm³/mol. The van der Waals surface area contributed by atoms with Gasteiger partial charge in [0.25, 0.3) is 0 Å². The van der Waals surface area contributed by atoms with Gasteiger partial charge in [-0.15, -0.1) is 0 Å². The van der Waals surface area contributed by atoms with Gasteiger partial charge in [0.15, 0.2) is 11.6 Å². The van der Waals surface area contributed by atoms with E-state index >= 15 is 0 Å². The number of likely N-dealkylation sites (N-methyl/N-ethyl adjacent to an activating group) is 1. The van der Waals surface area contributed by atoms with E-state index < -0.39 is 11.6 Å². The average Bonchev–Trinajstić information content (AvgIpc) is 2.45. The molecule has 112 valence electrons. The summed E-state index contributed by atoms with van der Waals surface area (Å²) in [6, 6.07) is 9.14. The highest BCUT2D eigenvalue weighted by atomic mass is 35.5. The summed E-state index contributed by atoms with van der Waals surface area (Å²) in [5, 5.41) is 4.08. The molecule has 2 aromatic carbocycles. The zero-order chi connectivity index (χ0) is 15.4. The largest absolute Gasteiger partial charge is 0.310 e. The fourth-order valence-corrected chi connectivity index (χ4v) is 2.55. The normalized spacial score (nSPS) is 12.4. The van der Waals surface area contributed by atoms with Crippen LogP contribution in [-0.4, -0.2) is 6.54 Å². The van der Waals surface area contributed by atoms with Gasteiger partial charge in [0.1, 0.15) is 0 Å². The minimum absolute atomic E-state index is 0.308. The van der Waals surface area contributed by atoms with Crippen molar-refractivity contribution in [3.05, 3.63) is 69.2 Å². The molecule has 2 rings (SSSR count). The summed E-state index contributed by atoms with van der Waals surface area (Å²) in [5.41, 5.74) is 1.21. The number of benzene rings is 2. The third-order valence-corrected chi connectivity index (χ3v) is 3.97. The summed E-state index contributed by atoms with van der Waals surface area (Å²) in [5.74, 6) is -1.66. The molecule has 0 aliphatic carbocycles. The van der Waals surface area contributed by atoms with Crippen LogP contribution < -0.4 is 5.32 Å². The zero-order valence-electron chi connectivity index (χ0n) is 11.5. The standard InChI is InChI=1S/C16H15Cl2F2N/c1-2-21-15(11-4-3-5-14(19)16(11)20)9-10-6-7-12(17)13(18)8-10/h3-8,15,21H,2,9H2,1H3. The minimum atomic E-state index is -0.843. The van der Waals surface area contributed by atoms with Gasteiger partial charge in [0.05, 0.1) is 10.0 Å². The molecule has 5 heteroatoms. The van der Waals surface area contributed by atoms with Gasteiger partial charge >= 0.3 is 0 Å². The van der Waals surface area contributed by atoms with Gasteiger partial charge < -0.3 is 5.32 Å². The molecule has 0 saturated carbocycles. The van der Waals surface area contributed by atoms with Crippen LogP contribution in [0.5, 0.6) is 0 Å². The number of rotatable bonds is 5. The first kappa shape index (κ1) is 16.2. The van der Waals surface area contributed by atoms with Crippen LogP contribution in [0.15, 0.2) is 36.4 Å². The Morgan fingerprint density at radius 3 is 2.52 bits per heavy atom. The van der Waals surface area contributed by atoms with E-state index in [0.29, 0.717) is 28.6 Å². The third kappa shape index (κ3) is 3.94. The summed E-state index contributed by atoms with van der Waals surface area (Å²) in [7, 11) is 0. The Balaban J connectivity index is 2.30. The van der Waals surface area contributed by atoms with Crippen LogP contribution in [0.3, 0.4) is 0 Å². The highest BCUT2D eigenvalue weighted by Gasteiger charge is 2.18. The average molecular weight is 330 g/mol. The van der Waals surface area contributed by atoms with Crippen LogP contribution in [-0.2, 0) is 6.42 Å². The third-order valence-electron chi connectivity index (χ3n) is 3.23. The van der Waals surface area contributed by atoms with Crippen LogP contribution >= 0.6 is 23.2 Å². The van der Waals surface area contributed by atoms with Crippen molar-refractivity contribution >= 4 is 23.2 Å². The van der Waals surface area contributed by atoms with Gasteiger partial charge in [-0.05, 0) is 36.7 Å². The molecule has 1 unspecified atom stereocenters. The molecule has 0 amide bonds. The van der Waals surface area contributed by atoms with Gasteiger partial charge in [0, 0.05) is 11.6 Å². The molecule has 1 nitrogen and oxygen atoms in total. The molecule has 0 radical (unpaired) electrons. The number of hydrogen-bond acceptors (Lipinski definition) is 1. The Labute approximate surface area is 132 Å². The SMILES string of the molecule is CCNC(Cc1ccc(Cl)c(Cl)c1)c1cccc(F)c1F. The van der Waals surface area contributed by atoms with E-state index in [-0.39, 0.29) is 6.04 Å². The van der Waals surface area contributed by atoms with Crippen LogP contribution in [0, 0.1) is 11.6 Å². The fourth-order valence-electron chi connectivity index (χ4n) is 2.23. The molecule has 0 bridgehead atoms. The first-order valence-corrected chi connectivity index (χ1v) is 7.39. The van der Waals surface area contributed by atoms with Crippen molar-refractivity contribution in [1.29, 1.82) is 0 Å². The van der Waals surface area contributed by atoms with Gasteiger partial charge in [-0.25, -0.2) is 8.78 Å². The van der Waals surface area contributed by atoms with Crippen molar-refractivity contribution in [3.8, 4) is 0 Å². The molecule has 0 saturated heterocycles. The van der Waals surface area contributed by atoms with Gasteiger partial charge in [-0.1, -0.05) is 48.3 Å². The Hall–Kier alpha value is -1.16. The lowest BCUT2D eigenvalue weighted by Crippen LogP contribution is -2.24. The molecule has 1 atom stereocenters. The van der Waals surface area contributed by atoms with E-state index in [2.05, 4.69) is 5.32 Å². The van der Waals surface area contributed by atoms with E-state index in [1.54, 1.807) is 18.2 Å². The van der Waals surface area contributed by atoms with Crippen LogP contribution in [0.25, 0.3) is 0 Å². The number of halogens is 4. The maximum absolute atomic E-state index is 14.0. The van der Waals surface area contributed by atoms with Crippen molar-refractivity contribution in [2.24, 2.45) is 0 Å². The first-order valence-electron chi connectivity index (χ1n) is 6.64. The van der Waals surface area contributed by atoms with Crippen molar-refractivity contribution in [1.82, 2.24) is 5.32 Å². The number of nitrogens with one attached hydrogen (secondary N) is 1. The maximum Gasteiger partial charge on any atom is 0.163 e. The quantitative estimate of drug-likeness (QED) is 0.798. The van der Waals surface area contributed by atoms with Crippen molar-refractivity contribution in [3.63, 3.8) is 0 Å². The molecule has 0 spiro atoms. The summed E-state index contributed by atoms with van der Waals surface area (Å²) >= 11 is 11.9. The minimum Gasteiger partial charge on any atom is -0.310 e. The smallest absolute Gasteiger partial charge is 0.163 e. The summed E-state index contributed by atoms with van der Waals surface area (Å²) in [6.45, 7) is 2.56. The van der Waals surface area contributed by atoms with E-state index in [9.17, 15) is 8.78 Å². The van der Waals surface area contributed by atoms with Crippen LogP contribution in [0.1, 0.15) is 24.1 Å². The molecule has 21 heavy (non-hydrogen) atoms. The zero-order valence-corrected chi connectivity index (χ0v) is 13.0. The topological polar surface area (TPSA) is 12.0 Å². The van der Waals surface area contributed by atoms with Gasteiger partial charge in [-0.3, -0.25) is 0 Å². The lowest BCUT2D eigenvalue weighted by atomic mass is 9.98. The Morgan fingerprint density at radius 2 is 1.86 bits per heavy atom. The van der Waals surface area contributed by atoms with Gasteiger partial charge in [0.2, 0.25) is 0 Å². The molecule has 0 fully saturated rings. The van der Waals surface area contributed by atoms with E-state index in [1.807, 2.05) is 13.0 Å². The van der Waals surface area contributed by atoms with E-state index in [0.717, 1.165) is 11.6 Å². The highest BCUT2D eigenvalue weighted by Crippen LogP contribution is 2.27. The predicted octanol–water partition coefficient (Wildman–Crippen LogP) is 5.16. The molecule has 0 aliphatic rings. The highest BCUT2D eigenvalue weighted by molar-refractivity contribution is 6.42. The van der Waals surface area contributed by atoms with Crippen LogP contribution in [0.4, 0.5) is 8.78 Å². The second kappa shape index (κ2) is 7.21. The summed E-state index contributed by atoms with van der Waals surface area (Å²) in [6.07, 6.45) is 0.491. The van der Waals surface area contributed by atoms with E-state index in [1.165, 1.54) is 6.07 Å². The molecule has 0 heterocycles. The monoisotopic (exact) mass is 329 g/mol. The lowest BCUT2D eigenvalue weighted by molar-refractivity contribution is 0.464. The molecule has 0 aliphatic heterocycles. The second-order valence-corrected chi connectivity index (χ2v) is 5.52. The second-order valence-electron chi connectivity index (χ2n) is 4.71. The molecule has 0 aromatic heterocycles. The van der Waals surface area contributed by atoms with Crippen molar-refractivity contribution < 1.29 is 8.78 Å². The molecule has 1 N–H and O–H groups in total. The maximum atomic E-state index is 14.0. The first-order chi connectivity index (χ1) is 10.0. The van der Waals surface area contributed by atoms with Crippen LogP contribution in [0.2, 0.25) is 10.0 Å². The summed E-state index contributed by atoms with van der Waals surface area (Å²) < 4.78 is 27.4. The Bertz CT molecular complexity index is 632. The molecule has 2 aromatic rings. The summed E-state index contributed by atoms with van der Waals surface area (Å²) in [4.78, 5) is 0. The van der Waals surface area contributed by atoms with Crippen molar-refractivity contribution in [2.75, 3.05) is 6.54 Å². The lowest BCUT2D eigenvalue weighted by Gasteiger charge is -2.19. The Kier molecular flexibility index (Phi) is 5.57. The van der Waals surface area contributed by atoms with E-state index in [4.69, 9.17) is 23.2 Å².